The van der Waals surface area contributed by atoms with Crippen molar-refractivity contribution in [2.75, 3.05) is 26.2 Å². The summed E-state index contributed by atoms with van der Waals surface area (Å²) in [6.07, 6.45) is 0. The molecule has 0 spiro atoms. The van der Waals surface area contributed by atoms with Crippen LogP contribution < -0.4 is 0 Å². The Morgan fingerprint density at radius 3 is 2.38 bits per heavy atom. The monoisotopic (exact) mass is 393 g/mol. The number of carbonyl (C=O) groups excluding carboxylic acids is 1. The summed E-state index contributed by atoms with van der Waals surface area (Å²) in [4.78, 5) is 27.2. The van der Waals surface area contributed by atoms with Crippen LogP contribution in [-0.2, 0) is 6.54 Å². The van der Waals surface area contributed by atoms with E-state index in [0.29, 0.717) is 36.2 Å². The van der Waals surface area contributed by atoms with Crippen LogP contribution in [0.5, 0.6) is 0 Å². The van der Waals surface area contributed by atoms with Crippen LogP contribution in [0.4, 0.5) is 5.69 Å². The molecule has 2 aromatic carbocycles. The minimum atomic E-state index is -0.557. The Labute approximate surface area is 161 Å². The van der Waals surface area contributed by atoms with Crippen molar-refractivity contribution in [3.8, 4) is 0 Å². The molecule has 2 aromatic rings. The molecule has 136 valence electrons. The highest BCUT2D eigenvalue weighted by molar-refractivity contribution is 6.31. The van der Waals surface area contributed by atoms with E-state index in [1.807, 2.05) is 24.3 Å². The fraction of sp³-hybridized carbons (Fsp3) is 0.278. The van der Waals surface area contributed by atoms with Crippen LogP contribution in [-0.4, -0.2) is 46.8 Å². The van der Waals surface area contributed by atoms with Crippen molar-refractivity contribution in [1.82, 2.24) is 9.80 Å². The number of piperazine rings is 1. The van der Waals surface area contributed by atoms with Crippen molar-refractivity contribution >= 4 is 34.8 Å². The number of hydrogen-bond donors (Lipinski definition) is 0. The van der Waals surface area contributed by atoms with Crippen LogP contribution in [0.1, 0.15) is 15.9 Å². The van der Waals surface area contributed by atoms with E-state index in [9.17, 15) is 14.9 Å². The Balaban J connectivity index is 1.66. The number of nitrogens with zero attached hydrogens (tertiary/aromatic N) is 3. The van der Waals surface area contributed by atoms with Gasteiger partial charge in [-0.1, -0.05) is 35.3 Å². The molecule has 1 heterocycles. The summed E-state index contributed by atoms with van der Waals surface area (Å²) < 4.78 is 0. The quantitative estimate of drug-likeness (QED) is 0.584. The minimum absolute atomic E-state index is 0.0331. The zero-order chi connectivity index (χ0) is 18.7. The molecule has 0 aliphatic carbocycles. The molecule has 0 radical (unpaired) electrons. The van der Waals surface area contributed by atoms with Crippen LogP contribution >= 0.6 is 23.2 Å². The lowest BCUT2D eigenvalue weighted by Crippen LogP contribution is -2.48. The number of benzene rings is 2. The maximum Gasteiger partial charge on any atom is 0.282 e. The zero-order valence-electron chi connectivity index (χ0n) is 13.9. The second kappa shape index (κ2) is 8.03. The Kier molecular flexibility index (Phi) is 5.76. The Hall–Kier alpha value is -2.15. The number of nitro groups is 1. The van der Waals surface area contributed by atoms with Gasteiger partial charge >= 0.3 is 0 Å². The van der Waals surface area contributed by atoms with Crippen molar-refractivity contribution in [2.24, 2.45) is 0 Å². The number of hydrogen-bond acceptors (Lipinski definition) is 4. The first kappa shape index (κ1) is 18.6. The fourth-order valence-electron chi connectivity index (χ4n) is 3.01. The number of rotatable bonds is 4. The van der Waals surface area contributed by atoms with Gasteiger partial charge in [0.15, 0.2) is 0 Å². The zero-order valence-corrected chi connectivity index (χ0v) is 15.4. The van der Waals surface area contributed by atoms with E-state index in [-0.39, 0.29) is 17.2 Å². The van der Waals surface area contributed by atoms with Gasteiger partial charge in [0.1, 0.15) is 5.56 Å². The van der Waals surface area contributed by atoms with E-state index in [2.05, 4.69) is 4.90 Å². The van der Waals surface area contributed by atoms with Crippen molar-refractivity contribution in [3.05, 3.63) is 73.8 Å². The SMILES string of the molecule is O=C(c1cc(Cl)ccc1[N+](=O)[O-])N1CCN(Cc2cccc(Cl)c2)CC1. The summed E-state index contributed by atoms with van der Waals surface area (Å²) in [5.74, 6) is -0.360. The van der Waals surface area contributed by atoms with E-state index < -0.39 is 4.92 Å². The van der Waals surface area contributed by atoms with Crippen LogP contribution in [0, 0.1) is 10.1 Å². The third-order valence-electron chi connectivity index (χ3n) is 4.34. The van der Waals surface area contributed by atoms with Gasteiger partial charge in [-0.15, -0.1) is 0 Å². The molecule has 0 saturated carbocycles. The van der Waals surface area contributed by atoms with Gasteiger partial charge in [-0.25, -0.2) is 0 Å². The fourth-order valence-corrected chi connectivity index (χ4v) is 3.40. The average Bonchev–Trinajstić information content (AvgIpc) is 2.61. The van der Waals surface area contributed by atoms with Gasteiger partial charge in [0.25, 0.3) is 11.6 Å². The van der Waals surface area contributed by atoms with E-state index in [0.717, 1.165) is 12.1 Å². The number of halogens is 2. The van der Waals surface area contributed by atoms with Crippen molar-refractivity contribution in [2.45, 2.75) is 6.54 Å². The van der Waals surface area contributed by atoms with Gasteiger partial charge in [0, 0.05) is 48.8 Å². The smallest absolute Gasteiger partial charge is 0.282 e. The van der Waals surface area contributed by atoms with E-state index >= 15 is 0 Å². The van der Waals surface area contributed by atoms with Gasteiger partial charge in [-0.05, 0) is 29.8 Å². The van der Waals surface area contributed by atoms with Gasteiger partial charge in [0.05, 0.1) is 4.92 Å². The van der Waals surface area contributed by atoms with E-state index in [1.54, 1.807) is 4.90 Å². The minimum Gasteiger partial charge on any atom is -0.336 e. The van der Waals surface area contributed by atoms with Gasteiger partial charge in [-0.3, -0.25) is 19.8 Å². The molecule has 1 fully saturated rings. The largest absolute Gasteiger partial charge is 0.336 e. The third kappa shape index (κ3) is 4.33. The molecular formula is C18H17Cl2N3O3. The topological polar surface area (TPSA) is 66.7 Å². The molecule has 3 rings (SSSR count). The average molecular weight is 394 g/mol. The molecule has 26 heavy (non-hydrogen) atoms. The normalized spacial score (nSPS) is 15.1. The molecule has 0 aromatic heterocycles. The van der Waals surface area contributed by atoms with Crippen LogP contribution in [0.25, 0.3) is 0 Å². The van der Waals surface area contributed by atoms with Crippen molar-refractivity contribution < 1.29 is 9.72 Å². The predicted octanol–water partition coefficient (Wildman–Crippen LogP) is 3.86. The lowest BCUT2D eigenvalue weighted by molar-refractivity contribution is -0.385. The first-order chi connectivity index (χ1) is 12.4. The molecule has 0 bridgehead atoms. The summed E-state index contributed by atoms with van der Waals surface area (Å²) >= 11 is 11.9. The Bertz CT molecular complexity index is 836. The third-order valence-corrected chi connectivity index (χ3v) is 4.81. The maximum atomic E-state index is 12.7. The van der Waals surface area contributed by atoms with Gasteiger partial charge in [-0.2, -0.15) is 0 Å². The number of amides is 1. The molecule has 0 N–H and O–H groups in total. The molecule has 1 saturated heterocycles. The number of nitro benzene ring substituents is 1. The molecular weight excluding hydrogens is 377 g/mol. The predicted molar refractivity (Wildman–Crippen MR) is 101 cm³/mol. The van der Waals surface area contributed by atoms with Crippen LogP contribution in [0.3, 0.4) is 0 Å². The van der Waals surface area contributed by atoms with Crippen LogP contribution in [0.15, 0.2) is 42.5 Å². The second-order valence-electron chi connectivity index (χ2n) is 6.12. The Morgan fingerprint density at radius 1 is 1.04 bits per heavy atom. The molecule has 1 amide bonds. The second-order valence-corrected chi connectivity index (χ2v) is 6.99. The molecule has 0 unspecified atom stereocenters. The summed E-state index contributed by atoms with van der Waals surface area (Å²) in [5.41, 5.74) is 0.925. The molecule has 0 atom stereocenters. The van der Waals surface area contributed by atoms with Gasteiger partial charge < -0.3 is 4.90 Å². The summed E-state index contributed by atoms with van der Waals surface area (Å²) in [7, 11) is 0. The Morgan fingerprint density at radius 2 is 1.73 bits per heavy atom. The molecule has 1 aliphatic rings. The summed E-state index contributed by atoms with van der Waals surface area (Å²) in [5, 5.41) is 12.2. The van der Waals surface area contributed by atoms with E-state index in [1.165, 1.54) is 18.2 Å². The maximum absolute atomic E-state index is 12.7. The molecule has 1 aliphatic heterocycles. The first-order valence-electron chi connectivity index (χ1n) is 8.14. The standard InChI is InChI=1S/C18H17Cl2N3O3/c19-14-3-1-2-13(10-14)12-21-6-8-22(9-7-21)18(24)16-11-15(20)4-5-17(16)23(25)26/h1-5,10-11H,6-9,12H2. The number of carbonyl (C=O) groups is 1. The highest BCUT2D eigenvalue weighted by Gasteiger charge is 2.27. The lowest BCUT2D eigenvalue weighted by atomic mass is 10.1. The summed E-state index contributed by atoms with van der Waals surface area (Å²) in [6, 6.07) is 11.7. The van der Waals surface area contributed by atoms with Crippen molar-refractivity contribution in [3.63, 3.8) is 0 Å². The molecule has 6 nitrogen and oxygen atoms in total. The molecule has 8 heteroatoms. The first-order valence-corrected chi connectivity index (χ1v) is 8.89. The highest BCUT2D eigenvalue weighted by Crippen LogP contribution is 2.25. The van der Waals surface area contributed by atoms with E-state index in [4.69, 9.17) is 23.2 Å². The highest BCUT2D eigenvalue weighted by atomic mass is 35.5. The van der Waals surface area contributed by atoms with Crippen LogP contribution in [0.2, 0.25) is 10.0 Å². The van der Waals surface area contributed by atoms with Gasteiger partial charge in [0.2, 0.25) is 0 Å². The summed E-state index contributed by atoms with van der Waals surface area (Å²) in [6.45, 7) is 3.13. The van der Waals surface area contributed by atoms with Crippen molar-refractivity contribution in [1.29, 1.82) is 0 Å². The lowest BCUT2D eigenvalue weighted by Gasteiger charge is -2.34.